The molecule has 2 aromatic heterocycles. The summed E-state index contributed by atoms with van der Waals surface area (Å²) in [6.07, 6.45) is 0. The van der Waals surface area contributed by atoms with Gasteiger partial charge >= 0.3 is 0 Å². The number of nitrogens with zero attached hydrogens (tertiary/aromatic N) is 3. The first-order valence-electron chi connectivity index (χ1n) is 26.5. The van der Waals surface area contributed by atoms with Crippen LogP contribution in [0.25, 0.3) is 121 Å². The summed E-state index contributed by atoms with van der Waals surface area (Å²) in [7, 11) is 0. The highest BCUT2D eigenvalue weighted by atomic mass is 15.2. The van der Waals surface area contributed by atoms with Gasteiger partial charge < -0.3 is 14.0 Å². The third-order valence-corrected chi connectivity index (χ3v) is 17.6. The summed E-state index contributed by atoms with van der Waals surface area (Å²) in [6, 6.07) is 75.3. The number of rotatable bonds is 2. The number of anilines is 3. The Bertz CT molecular complexity index is 4740. The lowest BCUT2D eigenvalue weighted by Gasteiger charge is -2.41. The van der Waals surface area contributed by atoms with Crippen molar-refractivity contribution in [2.75, 3.05) is 4.90 Å². The molecule has 3 nitrogen and oxygen atoms in total. The Labute approximate surface area is 430 Å². The molecule has 0 saturated heterocycles. The van der Waals surface area contributed by atoms with Crippen LogP contribution in [0.5, 0.6) is 0 Å². The van der Waals surface area contributed by atoms with E-state index in [1.807, 2.05) is 0 Å². The quantitative estimate of drug-likeness (QED) is 0.157. The van der Waals surface area contributed by atoms with Crippen LogP contribution in [0.4, 0.5) is 17.1 Å². The van der Waals surface area contributed by atoms with Gasteiger partial charge in [0, 0.05) is 44.3 Å². The number of hydrogen-bond donors (Lipinski definition) is 0. The van der Waals surface area contributed by atoms with Crippen molar-refractivity contribution in [3.8, 4) is 55.9 Å². The van der Waals surface area contributed by atoms with Gasteiger partial charge in [-0.3, -0.25) is 0 Å². The van der Waals surface area contributed by atoms with Crippen molar-refractivity contribution in [3.05, 3.63) is 205 Å². The monoisotopic (exact) mass is 943 g/mol. The first-order chi connectivity index (χ1) is 36.0. The maximum absolute atomic E-state index is 2.69. The van der Waals surface area contributed by atoms with Crippen LogP contribution in [0.15, 0.2) is 194 Å². The van der Waals surface area contributed by atoms with Crippen LogP contribution in [0.1, 0.15) is 52.7 Å². The van der Waals surface area contributed by atoms with E-state index >= 15 is 0 Å². The Hall–Kier alpha value is -8.60. The highest BCUT2D eigenvalue weighted by Crippen LogP contribution is 2.54. The van der Waals surface area contributed by atoms with E-state index in [4.69, 9.17) is 0 Å². The molecule has 0 spiro atoms. The zero-order valence-corrected chi connectivity index (χ0v) is 42.4. The fraction of sp³-hybridized carbons (Fsp3) is 0.114. The van der Waals surface area contributed by atoms with E-state index in [9.17, 15) is 0 Å². The predicted octanol–water partition coefficient (Wildman–Crippen LogP) is 16.7. The van der Waals surface area contributed by atoms with Crippen molar-refractivity contribution in [2.24, 2.45) is 0 Å². The Kier molecular flexibility index (Phi) is 7.59. The van der Waals surface area contributed by atoms with Crippen LogP contribution in [0.3, 0.4) is 0 Å². The fourth-order valence-corrected chi connectivity index (χ4v) is 14.4. The van der Waals surface area contributed by atoms with Crippen LogP contribution in [-0.2, 0) is 10.8 Å². The molecular formula is C70H50BN3. The van der Waals surface area contributed by atoms with Crippen molar-refractivity contribution < 1.29 is 0 Å². The van der Waals surface area contributed by atoms with Crippen LogP contribution in [-0.4, -0.2) is 15.8 Å². The largest absolute Gasteiger partial charge is 0.311 e. The van der Waals surface area contributed by atoms with Gasteiger partial charge in [0.1, 0.15) is 0 Å². The van der Waals surface area contributed by atoms with Crippen LogP contribution in [0, 0.1) is 0 Å². The molecule has 0 unspecified atom stereocenters. The SMILES string of the molecule is CC(C)(C)c1ccc(N2c3ccc(C(C)(C)C)cc3B3c4c2cc(-n2c5cccc6c5c5c7c(cccc7ccc52)-c2ccccc2-6)cc4-n2c4cccc5c4c4c6c(cccc6cc3c42)-c2ccccc2-5)cc1. The van der Waals surface area contributed by atoms with Crippen LogP contribution >= 0.6 is 0 Å². The highest BCUT2D eigenvalue weighted by Gasteiger charge is 2.44. The average molecular weight is 944 g/mol. The van der Waals surface area contributed by atoms with Gasteiger partial charge in [0.2, 0.25) is 0 Å². The molecule has 4 heteroatoms. The molecule has 13 aromatic rings. The molecule has 0 bridgehead atoms. The molecular weight excluding hydrogens is 894 g/mol. The van der Waals surface area contributed by atoms with E-state index in [1.54, 1.807) is 0 Å². The summed E-state index contributed by atoms with van der Waals surface area (Å²) in [4.78, 5) is 2.61. The van der Waals surface area contributed by atoms with Gasteiger partial charge in [-0.15, -0.1) is 0 Å². The van der Waals surface area contributed by atoms with Crippen LogP contribution < -0.4 is 21.3 Å². The predicted molar refractivity (Wildman–Crippen MR) is 316 cm³/mol. The zero-order valence-electron chi connectivity index (χ0n) is 42.4. The Morgan fingerprint density at radius 2 is 0.838 bits per heavy atom. The van der Waals surface area contributed by atoms with E-state index in [-0.39, 0.29) is 17.5 Å². The summed E-state index contributed by atoms with van der Waals surface area (Å²) in [5.41, 5.74) is 28.1. The summed E-state index contributed by atoms with van der Waals surface area (Å²) in [6.45, 7) is 14.0. The van der Waals surface area contributed by atoms with E-state index < -0.39 is 0 Å². The maximum Gasteiger partial charge on any atom is 0.252 e. The lowest BCUT2D eigenvalue weighted by molar-refractivity contribution is 0.590. The summed E-state index contributed by atoms with van der Waals surface area (Å²) in [5, 5.41) is 10.6. The molecule has 2 aliphatic carbocycles. The number of benzene rings is 11. The second-order valence-electron chi connectivity index (χ2n) is 23.6. The van der Waals surface area contributed by atoms with E-state index in [2.05, 4.69) is 250 Å². The first-order valence-corrected chi connectivity index (χ1v) is 26.5. The second kappa shape index (κ2) is 13.7. The van der Waals surface area contributed by atoms with Gasteiger partial charge in [0.25, 0.3) is 6.71 Å². The minimum Gasteiger partial charge on any atom is -0.311 e. The number of hydrogen-bond acceptors (Lipinski definition) is 1. The minimum atomic E-state index is -0.0553. The molecule has 4 heterocycles. The van der Waals surface area contributed by atoms with Crippen molar-refractivity contribution in [1.29, 1.82) is 0 Å². The zero-order chi connectivity index (χ0) is 49.3. The third-order valence-electron chi connectivity index (χ3n) is 17.6. The van der Waals surface area contributed by atoms with Gasteiger partial charge in [0.05, 0.1) is 27.8 Å². The van der Waals surface area contributed by atoms with Crippen molar-refractivity contribution in [2.45, 2.75) is 52.4 Å². The normalized spacial score (nSPS) is 13.8. The molecule has 0 fully saturated rings. The van der Waals surface area contributed by atoms with Crippen LogP contribution in [0.2, 0.25) is 0 Å². The van der Waals surface area contributed by atoms with Gasteiger partial charge in [-0.05, 0) is 153 Å². The molecule has 0 amide bonds. The lowest BCUT2D eigenvalue weighted by atomic mass is 9.33. The highest BCUT2D eigenvalue weighted by molar-refractivity contribution is 7.00. The molecule has 2 aliphatic heterocycles. The van der Waals surface area contributed by atoms with Crippen molar-refractivity contribution in [3.63, 3.8) is 0 Å². The van der Waals surface area contributed by atoms with E-state index in [0.717, 1.165) is 11.4 Å². The lowest BCUT2D eigenvalue weighted by Crippen LogP contribution is -2.60. The minimum absolute atomic E-state index is 0.0157. The van der Waals surface area contributed by atoms with Gasteiger partial charge in [-0.1, -0.05) is 187 Å². The Balaban J connectivity index is 1.07. The topological polar surface area (TPSA) is 13.1 Å². The maximum atomic E-state index is 2.69. The number of fused-ring (bicyclic) bond motifs is 11. The Morgan fingerprint density at radius 1 is 0.324 bits per heavy atom. The molecule has 0 saturated carbocycles. The fourth-order valence-electron chi connectivity index (χ4n) is 14.4. The van der Waals surface area contributed by atoms with Gasteiger partial charge in [0.15, 0.2) is 0 Å². The average Bonchev–Trinajstić information content (AvgIpc) is 3.90. The van der Waals surface area contributed by atoms with Gasteiger partial charge in [-0.25, -0.2) is 0 Å². The second-order valence-corrected chi connectivity index (χ2v) is 23.6. The number of aromatic nitrogens is 2. The third kappa shape index (κ3) is 5.04. The van der Waals surface area contributed by atoms with Gasteiger partial charge in [-0.2, -0.15) is 0 Å². The van der Waals surface area contributed by atoms with E-state index in [0.29, 0.717) is 0 Å². The molecule has 0 atom stereocenters. The Morgan fingerprint density at radius 3 is 1.47 bits per heavy atom. The molecule has 17 rings (SSSR count). The summed E-state index contributed by atoms with van der Waals surface area (Å²) >= 11 is 0. The smallest absolute Gasteiger partial charge is 0.252 e. The molecule has 0 N–H and O–H groups in total. The van der Waals surface area contributed by atoms with E-state index in [1.165, 1.54) is 154 Å². The first kappa shape index (κ1) is 40.9. The molecule has 11 aromatic carbocycles. The summed E-state index contributed by atoms with van der Waals surface area (Å²) < 4.78 is 5.29. The molecule has 4 aliphatic rings. The standard InChI is InChI=1S/C70H50BN3/c1-69(2,3)41-28-31-43(32-29-41)72-55-34-30-42(70(4,5)6)36-53(55)71-54-35-40-16-12-22-50-46-18-8-10-20-48(46)52-24-14-26-57-64(52)66(62(40)50)68(54)74(57)60-38-44(37-59(72)67(60)71)73-56-25-13-23-51-47-19-9-7-17-45(47)49-21-11-15-39-27-33-58(73)65(61(39)49)63(51)56/h7-38H,1-6H3. The molecule has 348 valence electrons. The molecule has 0 radical (unpaired) electrons. The summed E-state index contributed by atoms with van der Waals surface area (Å²) in [5.74, 6) is 0. The van der Waals surface area contributed by atoms with Crippen molar-refractivity contribution in [1.82, 2.24) is 9.13 Å². The molecule has 74 heavy (non-hydrogen) atoms. The van der Waals surface area contributed by atoms with Crippen molar-refractivity contribution >= 4 is 105 Å².